The van der Waals surface area contributed by atoms with Crippen molar-refractivity contribution in [3.8, 4) is 11.8 Å². The van der Waals surface area contributed by atoms with Gasteiger partial charge in [0.1, 0.15) is 5.82 Å². The number of aryl methyl sites for hydroxylation is 1. The second-order valence-electron chi connectivity index (χ2n) is 4.89. The Balaban J connectivity index is 2.33. The lowest BCUT2D eigenvalue weighted by Gasteiger charge is -2.12. The summed E-state index contributed by atoms with van der Waals surface area (Å²) >= 11 is 0. The number of imide groups is 1. The number of fused-ring (bicyclic) bond motifs is 1. The molecule has 1 aliphatic rings. The minimum atomic E-state index is -0.641. The van der Waals surface area contributed by atoms with E-state index in [1.54, 1.807) is 19.1 Å². The number of hydrogen-bond acceptors (Lipinski definition) is 5. The first-order valence-corrected chi connectivity index (χ1v) is 6.36. The van der Waals surface area contributed by atoms with Gasteiger partial charge in [0.2, 0.25) is 0 Å². The summed E-state index contributed by atoms with van der Waals surface area (Å²) in [4.78, 5) is 35.6. The number of nitrogens with two attached hydrogens (primary N) is 1. The van der Waals surface area contributed by atoms with E-state index >= 15 is 0 Å². The number of nitrogens with zero attached hydrogens (tertiary/aromatic N) is 2. The predicted octanol–water partition coefficient (Wildman–Crippen LogP) is 0.483. The van der Waals surface area contributed by atoms with Gasteiger partial charge in [-0.05, 0) is 24.6 Å². The van der Waals surface area contributed by atoms with Gasteiger partial charge in [0.05, 0.1) is 28.4 Å². The average molecular weight is 294 g/mol. The van der Waals surface area contributed by atoms with Crippen molar-refractivity contribution in [2.24, 2.45) is 0 Å². The minimum Gasteiger partial charge on any atom is -0.384 e. The van der Waals surface area contributed by atoms with E-state index in [-0.39, 0.29) is 16.9 Å². The molecule has 0 radical (unpaired) electrons. The molecular weight excluding hydrogens is 284 g/mol. The van der Waals surface area contributed by atoms with Gasteiger partial charge in [-0.3, -0.25) is 24.3 Å². The molecule has 0 fully saturated rings. The third kappa shape index (κ3) is 1.78. The summed E-state index contributed by atoms with van der Waals surface area (Å²) in [7, 11) is 0. The van der Waals surface area contributed by atoms with Crippen molar-refractivity contribution >= 4 is 17.6 Å². The molecular formula is C15H10N4O3. The van der Waals surface area contributed by atoms with E-state index in [2.05, 4.69) is 5.32 Å². The molecule has 7 nitrogen and oxygen atoms in total. The lowest BCUT2D eigenvalue weighted by atomic mass is 10.1. The molecule has 1 aromatic heterocycles. The van der Waals surface area contributed by atoms with E-state index in [1.807, 2.05) is 6.07 Å². The van der Waals surface area contributed by atoms with Gasteiger partial charge in [-0.2, -0.15) is 5.26 Å². The third-order valence-electron chi connectivity index (χ3n) is 3.55. The van der Waals surface area contributed by atoms with E-state index < -0.39 is 17.4 Å². The Morgan fingerprint density at radius 1 is 1.18 bits per heavy atom. The summed E-state index contributed by atoms with van der Waals surface area (Å²) in [6, 6.07) is 7.90. The van der Waals surface area contributed by atoms with Gasteiger partial charge in [0.15, 0.2) is 0 Å². The first-order valence-electron chi connectivity index (χ1n) is 6.36. The van der Waals surface area contributed by atoms with Crippen molar-refractivity contribution in [1.82, 2.24) is 9.88 Å². The molecule has 2 heterocycles. The topological polar surface area (TPSA) is 118 Å². The van der Waals surface area contributed by atoms with E-state index in [4.69, 9.17) is 11.0 Å². The normalized spacial score (nSPS) is 12.7. The molecule has 2 aromatic rings. The number of rotatable bonds is 1. The Labute approximate surface area is 124 Å². The fraction of sp³-hybridized carbons (Fsp3) is 0.0667. The molecule has 3 rings (SSSR count). The molecule has 7 heteroatoms. The van der Waals surface area contributed by atoms with Crippen molar-refractivity contribution in [2.75, 3.05) is 5.73 Å². The largest absolute Gasteiger partial charge is 0.384 e. The van der Waals surface area contributed by atoms with Crippen LogP contribution in [0.3, 0.4) is 0 Å². The molecule has 0 saturated carbocycles. The van der Waals surface area contributed by atoms with Crippen molar-refractivity contribution < 1.29 is 9.59 Å². The molecule has 0 spiro atoms. The van der Waals surface area contributed by atoms with Gasteiger partial charge in [0, 0.05) is 6.07 Å². The zero-order chi connectivity index (χ0) is 16.0. The van der Waals surface area contributed by atoms with Crippen LogP contribution in [0.5, 0.6) is 0 Å². The van der Waals surface area contributed by atoms with Crippen molar-refractivity contribution in [1.29, 1.82) is 5.26 Å². The zero-order valence-electron chi connectivity index (χ0n) is 11.5. The van der Waals surface area contributed by atoms with Crippen LogP contribution in [0.2, 0.25) is 0 Å². The highest BCUT2D eigenvalue weighted by Gasteiger charge is 2.31. The minimum absolute atomic E-state index is 0.0244. The second kappa shape index (κ2) is 4.56. The number of carbonyl (C=O) groups is 2. The molecule has 0 unspecified atom stereocenters. The van der Waals surface area contributed by atoms with Crippen LogP contribution in [0, 0.1) is 18.3 Å². The van der Waals surface area contributed by atoms with E-state index in [9.17, 15) is 14.4 Å². The summed E-state index contributed by atoms with van der Waals surface area (Å²) in [5.41, 5.74) is 6.82. The van der Waals surface area contributed by atoms with Crippen LogP contribution in [0.25, 0.3) is 5.69 Å². The number of carbonyl (C=O) groups excluding carboxylic acids is 2. The number of aromatic nitrogens is 1. The fourth-order valence-electron chi connectivity index (χ4n) is 2.42. The maximum absolute atomic E-state index is 12.2. The van der Waals surface area contributed by atoms with E-state index in [1.165, 1.54) is 6.07 Å². The van der Waals surface area contributed by atoms with Crippen LogP contribution in [-0.4, -0.2) is 16.4 Å². The summed E-state index contributed by atoms with van der Waals surface area (Å²) in [6.45, 7) is 1.77. The number of benzene rings is 1. The van der Waals surface area contributed by atoms with Crippen molar-refractivity contribution in [2.45, 2.75) is 6.92 Å². The lowest BCUT2D eigenvalue weighted by Crippen LogP contribution is -2.24. The first-order chi connectivity index (χ1) is 10.4. The summed E-state index contributed by atoms with van der Waals surface area (Å²) < 4.78 is 1.11. The van der Waals surface area contributed by atoms with Crippen LogP contribution in [-0.2, 0) is 0 Å². The first kappa shape index (κ1) is 13.6. The van der Waals surface area contributed by atoms with Gasteiger partial charge in [-0.15, -0.1) is 0 Å². The second-order valence-corrected chi connectivity index (χ2v) is 4.89. The van der Waals surface area contributed by atoms with Gasteiger partial charge in [0.25, 0.3) is 17.4 Å². The molecule has 22 heavy (non-hydrogen) atoms. The predicted molar refractivity (Wildman–Crippen MR) is 77.7 cm³/mol. The maximum Gasteiger partial charge on any atom is 0.262 e. The molecule has 2 amide bonds. The molecule has 0 bridgehead atoms. The number of nitrogens with one attached hydrogen (secondary N) is 1. The van der Waals surface area contributed by atoms with Gasteiger partial charge < -0.3 is 5.73 Å². The SMILES string of the molecule is Cc1ccc(-n2c(N)c3c(cc2=O)C(=O)NC3=O)cc1C#N. The van der Waals surface area contributed by atoms with Crippen LogP contribution in [0.1, 0.15) is 31.8 Å². The van der Waals surface area contributed by atoms with Crippen LogP contribution < -0.4 is 16.6 Å². The molecule has 108 valence electrons. The molecule has 0 aliphatic carbocycles. The smallest absolute Gasteiger partial charge is 0.262 e. The van der Waals surface area contributed by atoms with Gasteiger partial charge in [-0.1, -0.05) is 6.07 Å². The molecule has 0 saturated heterocycles. The van der Waals surface area contributed by atoms with Gasteiger partial charge >= 0.3 is 0 Å². The van der Waals surface area contributed by atoms with E-state index in [0.717, 1.165) is 16.2 Å². The fourth-order valence-corrected chi connectivity index (χ4v) is 2.42. The quantitative estimate of drug-likeness (QED) is 0.742. The number of hydrogen-bond donors (Lipinski definition) is 2. The summed E-state index contributed by atoms with van der Waals surface area (Å²) in [5, 5.41) is 11.2. The molecule has 0 atom stereocenters. The highest BCUT2D eigenvalue weighted by molar-refractivity contribution is 6.23. The highest BCUT2D eigenvalue weighted by atomic mass is 16.2. The molecule has 3 N–H and O–H groups in total. The molecule has 1 aromatic carbocycles. The molecule has 1 aliphatic heterocycles. The zero-order valence-corrected chi connectivity index (χ0v) is 11.5. The number of nitriles is 1. The Hall–Kier alpha value is -3.40. The average Bonchev–Trinajstić information content (AvgIpc) is 2.75. The standard InChI is InChI=1S/C15H10N4O3/c1-7-2-3-9(4-8(7)6-16)19-11(20)5-10-12(13(19)17)15(22)18-14(10)21/h2-5H,17H2,1H3,(H,18,21,22). The van der Waals surface area contributed by atoms with Crippen molar-refractivity contribution in [3.63, 3.8) is 0 Å². The number of anilines is 1. The highest BCUT2D eigenvalue weighted by Crippen LogP contribution is 2.23. The Kier molecular flexibility index (Phi) is 2.82. The summed E-state index contributed by atoms with van der Waals surface area (Å²) in [5.74, 6) is -1.41. The van der Waals surface area contributed by atoms with Crippen LogP contribution in [0.15, 0.2) is 29.1 Å². The third-order valence-corrected chi connectivity index (χ3v) is 3.55. The van der Waals surface area contributed by atoms with Crippen LogP contribution >= 0.6 is 0 Å². The monoisotopic (exact) mass is 294 g/mol. The number of pyridine rings is 1. The number of nitrogen functional groups attached to an aromatic ring is 1. The Morgan fingerprint density at radius 3 is 2.59 bits per heavy atom. The Bertz CT molecular complexity index is 950. The maximum atomic E-state index is 12.2. The van der Waals surface area contributed by atoms with Gasteiger partial charge in [-0.25, -0.2) is 0 Å². The lowest BCUT2D eigenvalue weighted by molar-refractivity contribution is 0.0880. The van der Waals surface area contributed by atoms with Crippen molar-refractivity contribution in [3.05, 3.63) is 56.9 Å². The van der Waals surface area contributed by atoms with Crippen LogP contribution in [0.4, 0.5) is 5.82 Å². The number of amides is 2. The summed E-state index contributed by atoms with van der Waals surface area (Å²) in [6.07, 6.45) is 0. The Morgan fingerprint density at radius 2 is 1.91 bits per heavy atom. The van der Waals surface area contributed by atoms with E-state index in [0.29, 0.717) is 11.3 Å².